The second-order valence-corrected chi connectivity index (χ2v) is 8.52. The Morgan fingerprint density at radius 2 is 2.04 bits per heavy atom. The van der Waals surface area contributed by atoms with Crippen molar-refractivity contribution in [3.63, 3.8) is 0 Å². The number of carbonyl (C=O) groups excluding carboxylic acids is 2. The van der Waals surface area contributed by atoms with E-state index in [4.69, 9.17) is 25.8 Å². The molecule has 0 aliphatic rings. The topological polar surface area (TPSA) is 65.1 Å². The van der Waals surface area contributed by atoms with Crippen molar-refractivity contribution < 1.29 is 23.8 Å². The van der Waals surface area contributed by atoms with Crippen molar-refractivity contribution in [1.29, 1.82) is 0 Å². The molecule has 0 radical (unpaired) electrons. The van der Waals surface area contributed by atoms with Crippen molar-refractivity contribution >= 4 is 50.7 Å². The molecule has 152 valence electrons. The second-order valence-electron chi connectivity index (χ2n) is 5.87. The molecule has 9 heteroatoms. The van der Waals surface area contributed by atoms with Crippen LogP contribution in [0.15, 0.2) is 28.7 Å². The van der Waals surface area contributed by atoms with Gasteiger partial charge in [-0.1, -0.05) is 18.5 Å². The molecule has 6 nitrogen and oxygen atoms in total. The van der Waals surface area contributed by atoms with Crippen LogP contribution in [-0.4, -0.2) is 44.1 Å². The summed E-state index contributed by atoms with van der Waals surface area (Å²) in [4.78, 5) is 27.0. The highest BCUT2D eigenvalue weighted by Gasteiger charge is 2.18. The summed E-state index contributed by atoms with van der Waals surface area (Å²) in [5.74, 6) is -0.00660. The summed E-state index contributed by atoms with van der Waals surface area (Å²) >= 11 is 10.7. The van der Waals surface area contributed by atoms with Crippen LogP contribution in [0.3, 0.4) is 0 Å². The lowest BCUT2D eigenvalue weighted by Gasteiger charge is -2.16. The van der Waals surface area contributed by atoms with Gasteiger partial charge in [-0.05, 0) is 46.6 Å². The Bertz CT molecular complexity index is 842. The maximum atomic E-state index is 12.4. The average Bonchev–Trinajstić information content (AvgIpc) is 3.08. The van der Waals surface area contributed by atoms with Crippen LogP contribution in [0.25, 0.3) is 0 Å². The number of hydrogen-bond donors (Lipinski definition) is 0. The smallest absolute Gasteiger partial charge is 0.338 e. The molecule has 0 N–H and O–H groups in total. The van der Waals surface area contributed by atoms with E-state index < -0.39 is 5.97 Å². The van der Waals surface area contributed by atoms with E-state index in [-0.39, 0.29) is 18.1 Å². The van der Waals surface area contributed by atoms with E-state index in [2.05, 4.69) is 15.9 Å². The van der Waals surface area contributed by atoms with Gasteiger partial charge in [0.1, 0.15) is 0 Å². The maximum absolute atomic E-state index is 12.4. The third kappa shape index (κ3) is 6.12. The number of halogens is 2. The molecule has 1 heterocycles. The molecule has 2 aromatic rings. The van der Waals surface area contributed by atoms with E-state index in [1.807, 2.05) is 13.0 Å². The minimum absolute atomic E-state index is 0.257. The van der Waals surface area contributed by atoms with Gasteiger partial charge in [0.05, 0.1) is 34.6 Å². The first-order valence-electron chi connectivity index (χ1n) is 8.51. The van der Waals surface area contributed by atoms with Crippen LogP contribution in [0.1, 0.15) is 28.6 Å². The maximum Gasteiger partial charge on any atom is 0.338 e. The number of likely N-dealkylation sites (N-methyl/N-ethyl adjacent to an activating group) is 1. The quantitative estimate of drug-likeness (QED) is 0.474. The van der Waals surface area contributed by atoms with Crippen molar-refractivity contribution in [2.45, 2.75) is 19.9 Å². The van der Waals surface area contributed by atoms with Crippen molar-refractivity contribution in [1.82, 2.24) is 4.90 Å². The van der Waals surface area contributed by atoms with Gasteiger partial charge in [0.2, 0.25) is 0 Å². The number of carbonyl (C=O) groups is 2. The van der Waals surface area contributed by atoms with E-state index in [9.17, 15) is 9.59 Å². The van der Waals surface area contributed by atoms with Gasteiger partial charge in [-0.25, -0.2) is 4.79 Å². The van der Waals surface area contributed by atoms with Crippen LogP contribution in [-0.2, 0) is 16.1 Å². The minimum atomic E-state index is -0.623. The summed E-state index contributed by atoms with van der Waals surface area (Å²) < 4.78 is 17.3. The number of nitrogens with zero attached hydrogens (tertiary/aromatic N) is 1. The van der Waals surface area contributed by atoms with E-state index >= 15 is 0 Å². The minimum Gasteiger partial charge on any atom is -0.493 e. The molecular weight excluding hydrogens is 470 g/mol. The number of thiophene rings is 1. The predicted octanol–water partition coefficient (Wildman–Crippen LogP) is 4.78. The van der Waals surface area contributed by atoms with Crippen molar-refractivity contribution in [2.75, 3.05) is 27.4 Å². The Labute approximate surface area is 181 Å². The van der Waals surface area contributed by atoms with Gasteiger partial charge in [-0.15, -0.1) is 11.3 Å². The average molecular weight is 491 g/mol. The van der Waals surface area contributed by atoms with Crippen molar-refractivity contribution in [2.24, 2.45) is 0 Å². The largest absolute Gasteiger partial charge is 0.493 e. The van der Waals surface area contributed by atoms with Crippen LogP contribution >= 0.6 is 38.9 Å². The second kappa shape index (κ2) is 10.7. The molecular formula is C19H21BrClNO5S. The lowest BCUT2D eigenvalue weighted by atomic mass is 10.2. The molecule has 1 aromatic carbocycles. The first-order chi connectivity index (χ1) is 13.3. The van der Waals surface area contributed by atoms with Gasteiger partial charge in [0, 0.05) is 11.9 Å². The zero-order chi connectivity index (χ0) is 20.7. The number of rotatable bonds is 9. The summed E-state index contributed by atoms with van der Waals surface area (Å²) in [6, 6.07) is 6.74. The summed E-state index contributed by atoms with van der Waals surface area (Å²) in [5, 5.41) is 0. The third-order valence-electron chi connectivity index (χ3n) is 3.69. The summed E-state index contributed by atoms with van der Waals surface area (Å²) in [5.41, 5.74) is 0.257. The monoisotopic (exact) mass is 489 g/mol. The summed E-state index contributed by atoms with van der Waals surface area (Å²) in [6.07, 6.45) is 0.840. The summed E-state index contributed by atoms with van der Waals surface area (Å²) in [7, 11) is 3.13. The SMILES string of the molecule is CCCOc1c(Br)cc(C(=O)OCC(=O)N(C)Cc2ccc(Cl)s2)cc1OC. The predicted molar refractivity (Wildman–Crippen MR) is 113 cm³/mol. The van der Waals surface area contributed by atoms with E-state index in [0.29, 0.717) is 33.5 Å². The molecule has 0 unspecified atom stereocenters. The third-order valence-corrected chi connectivity index (χ3v) is 5.49. The zero-order valence-corrected chi connectivity index (χ0v) is 18.9. The number of ether oxygens (including phenoxy) is 3. The van der Waals surface area contributed by atoms with Gasteiger partial charge < -0.3 is 19.1 Å². The van der Waals surface area contributed by atoms with Gasteiger partial charge in [0.15, 0.2) is 18.1 Å². The highest BCUT2D eigenvalue weighted by molar-refractivity contribution is 9.10. The van der Waals surface area contributed by atoms with Crippen LogP contribution in [0.4, 0.5) is 0 Å². The highest BCUT2D eigenvalue weighted by Crippen LogP contribution is 2.37. The Morgan fingerprint density at radius 1 is 1.29 bits per heavy atom. The molecule has 0 atom stereocenters. The number of hydrogen-bond acceptors (Lipinski definition) is 6. The van der Waals surface area contributed by atoms with Crippen molar-refractivity contribution in [3.8, 4) is 11.5 Å². The van der Waals surface area contributed by atoms with Crippen LogP contribution < -0.4 is 9.47 Å². The zero-order valence-electron chi connectivity index (χ0n) is 15.8. The molecule has 0 bridgehead atoms. The van der Waals surface area contributed by atoms with Gasteiger partial charge in [-0.2, -0.15) is 0 Å². The first-order valence-corrected chi connectivity index (χ1v) is 10.5. The fourth-order valence-corrected chi connectivity index (χ4v) is 3.96. The molecule has 0 spiro atoms. The molecule has 0 aliphatic heterocycles. The molecule has 28 heavy (non-hydrogen) atoms. The molecule has 0 saturated carbocycles. The summed E-state index contributed by atoms with van der Waals surface area (Å²) in [6.45, 7) is 2.56. The Balaban J connectivity index is 1.98. The Hall–Kier alpha value is -1.77. The molecule has 2 rings (SSSR count). The van der Waals surface area contributed by atoms with Gasteiger partial charge >= 0.3 is 5.97 Å². The van der Waals surface area contributed by atoms with Crippen LogP contribution in [0.5, 0.6) is 11.5 Å². The number of benzene rings is 1. The van der Waals surface area contributed by atoms with Crippen LogP contribution in [0, 0.1) is 0 Å². The number of esters is 1. The van der Waals surface area contributed by atoms with Crippen LogP contribution in [0.2, 0.25) is 4.34 Å². The molecule has 0 fully saturated rings. The normalized spacial score (nSPS) is 10.5. The number of amides is 1. The molecule has 0 aliphatic carbocycles. The highest BCUT2D eigenvalue weighted by atomic mass is 79.9. The van der Waals surface area contributed by atoms with Crippen molar-refractivity contribution in [3.05, 3.63) is 43.5 Å². The Morgan fingerprint density at radius 3 is 2.64 bits per heavy atom. The van der Waals surface area contributed by atoms with E-state index in [1.165, 1.54) is 29.4 Å². The molecule has 1 amide bonds. The van der Waals surface area contributed by atoms with E-state index in [0.717, 1.165) is 11.3 Å². The lowest BCUT2D eigenvalue weighted by molar-refractivity contribution is -0.133. The molecule has 1 aromatic heterocycles. The van der Waals surface area contributed by atoms with Gasteiger partial charge in [0.25, 0.3) is 5.91 Å². The number of methoxy groups -OCH3 is 1. The first kappa shape index (κ1) is 22.5. The lowest BCUT2D eigenvalue weighted by Crippen LogP contribution is -2.30. The van der Waals surface area contributed by atoms with E-state index in [1.54, 1.807) is 19.2 Å². The standard InChI is InChI=1S/C19H21BrClNO5S/c1-4-7-26-18-14(20)8-12(9-15(18)25-3)19(24)27-11-17(23)22(2)10-13-5-6-16(21)28-13/h5-6,8-9H,4,7,10-11H2,1-3H3. The fourth-order valence-electron chi connectivity index (χ4n) is 2.26. The fraction of sp³-hybridized carbons (Fsp3) is 0.368. The van der Waals surface area contributed by atoms with Gasteiger partial charge in [-0.3, -0.25) is 4.79 Å². The molecule has 0 saturated heterocycles. The Kier molecular flexibility index (Phi) is 8.59.